The topological polar surface area (TPSA) is 86.7 Å². The Kier molecular flexibility index (Phi) is 6.46. The van der Waals surface area contributed by atoms with Crippen molar-refractivity contribution in [2.75, 3.05) is 32.0 Å². The summed E-state index contributed by atoms with van der Waals surface area (Å²) in [7, 11) is -3.52. The van der Waals surface area contributed by atoms with Crippen molar-refractivity contribution in [1.29, 1.82) is 0 Å². The molecule has 0 unspecified atom stereocenters. The molecule has 0 radical (unpaired) electrons. The Balaban J connectivity index is 4.10. The first kappa shape index (κ1) is 14.3. The number of nitrogens with one attached hydrogen (secondary N) is 1. The molecule has 0 saturated heterocycles. The van der Waals surface area contributed by atoms with Crippen molar-refractivity contribution >= 4 is 15.9 Å². The summed E-state index contributed by atoms with van der Waals surface area (Å²) in [6.07, 6.45) is 0. The van der Waals surface area contributed by atoms with Crippen LogP contribution in [-0.2, 0) is 14.8 Å². The molecule has 0 fully saturated rings. The van der Waals surface area contributed by atoms with Gasteiger partial charge < -0.3 is 10.0 Å². The van der Waals surface area contributed by atoms with Crippen molar-refractivity contribution in [2.24, 2.45) is 0 Å². The number of likely N-dealkylation sites (N-methyl/N-ethyl adjacent to an activating group) is 1. The third-order valence-electron chi connectivity index (χ3n) is 1.92. The van der Waals surface area contributed by atoms with Crippen LogP contribution >= 0.6 is 0 Å². The second-order valence-electron chi connectivity index (χ2n) is 2.93. The lowest BCUT2D eigenvalue weighted by molar-refractivity contribution is -0.129. The van der Waals surface area contributed by atoms with Gasteiger partial charge >= 0.3 is 0 Å². The van der Waals surface area contributed by atoms with Crippen molar-refractivity contribution in [2.45, 2.75) is 13.8 Å². The van der Waals surface area contributed by atoms with Crippen LogP contribution in [0.15, 0.2) is 0 Å². The van der Waals surface area contributed by atoms with E-state index in [-0.39, 0.29) is 18.2 Å². The fourth-order valence-corrected chi connectivity index (χ4v) is 1.78. The SMILES string of the molecule is CCN(CC)C(=O)CNS(=O)(=O)CCO. The van der Waals surface area contributed by atoms with E-state index in [2.05, 4.69) is 4.72 Å². The van der Waals surface area contributed by atoms with E-state index in [0.717, 1.165) is 0 Å². The van der Waals surface area contributed by atoms with Gasteiger partial charge in [-0.25, -0.2) is 13.1 Å². The van der Waals surface area contributed by atoms with E-state index in [9.17, 15) is 13.2 Å². The average Bonchev–Trinajstić information content (AvgIpc) is 2.17. The first-order valence-electron chi connectivity index (χ1n) is 4.82. The highest BCUT2D eigenvalue weighted by molar-refractivity contribution is 7.89. The zero-order valence-electron chi connectivity index (χ0n) is 9.06. The number of amides is 1. The summed E-state index contributed by atoms with van der Waals surface area (Å²) in [4.78, 5) is 12.9. The van der Waals surface area contributed by atoms with Gasteiger partial charge in [0.25, 0.3) is 0 Å². The Bertz CT molecular complexity index is 285. The molecule has 15 heavy (non-hydrogen) atoms. The number of aliphatic hydroxyl groups is 1. The summed E-state index contributed by atoms with van der Waals surface area (Å²) < 4.78 is 24.3. The van der Waals surface area contributed by atoms with E-state index in [1.54, 1.807) is 0 Å². The zero-order valence-corrected chi connectivity index (χ0v) is 9.88. The predicted molar refractivity (Wildman–Crippen MR) is 56.8 cm³/mol. The highest BCUT2D eigenvalue weighted by Crippen LogP contribution is 1.89. The van der Waals surface area contributed by atoms with Crippen LogP contribution in [0.2, 0.25) is 0 Å². The second kappa shape index (κ2) is 6.76. The van der Waals surface area contributed by atoms with Crippen LogP contribution < -0.4 is 4.72 Å². The lowest BCUT2D eigenvalue weighted by Crippen LogP contribution is -2.40. The number of nitrogens with zero attached hydrogens (tertiary/aromatic N) is 1. The molecule has 90 valence electrons. The van der Waals surface area contributed by atoms with E-state index in [0.29, 0.717) is 13.1 Å². The molecule has 0 aromatic heterocycles. The molecule has 0 aliphatic rings. The molecule has 0 bridgehead atoms. The normalized spacial score (nSPS) is 11.4. The fraction of sp³-hybridized carbons (Fsp3) is 0.875. The van der Waals surface area contributed by atoms with E-state index >= 15 is 0 Å². The van der Waals surface area contributed by atoms with Crippen molar-refractivity contribution in [3.8, 4) is 0 Å². The Hall–Kier alpha value is -0.660. The van der Waals surface area contributed by atoms with Crippen molar-refractivity contribution < 1.29 is 18.3 Å². The summed E-state index contributed by atoms with van der Waals surface area (Å²) >= 11 is 0. The lowest BCUT2D eigenvalue weighted by atomic mass is 10.4. The molecular weight excluding hydrogens is 220 g/mol. The monoisotopic (exact) mass is 238 g/mol. The molecular formula is C8H18N2O4S. The molecule has 0 saturated carbocycles. The number of carbonyl (C=O) groups is 1. The highest BCUT2D eigenvalue weighted by Gasteiger charge is 2.14. The maximum Gasteiger partial charge on any atom is 0.237 e. The standard InChI is InChI=1S/C8H18N2O4S/c1-3-10(4-2)8(12)7-9-15(13,14)6-5-11/h9,11H,3-7H2,1-2H3. The largest absolute Gasteiger partial charge is 0.395 e. The Morgan fingerprint density at radius 2 is 1.87 bits per heavy atom. The van der Waals surface area contributed by atoms with Gasteiger partial charge in [0.15, 0.2) is 0 Å². The minimum atomic E-state index is -3.52. The van der Waals surface area contributed by atoms with Gasteiger partial charge in [0.05, 0.1) is 18.9 Å². The van der Waals surface area contributed by atoms with Gasteiger partial charge in [-0.1, -0.05) is 0 Å². The van der Waals surface area contributed by atoms with Crippen molar-refractivity contribution in [1.82, 2.24) is 9.62 Å². The highest BCUT2D eigenvalue weighted by atomic mass is 32.2. The lowest BCUT2D eigenvalue weighted by Gasteiger charge is -2.18. The molecule has 6 nitrogen and oxygen atoms in total. The van der Waals surface area contributed by atoms with Crippen LogP contribution in [0.5, 0.6) is 0 Å². The van der Waals surface area contributed by atoms with Crippen LogP contribution in [0.4, 0.5) is 0 Å². The number of hydrogen-bond donors (Lipinski definition) is 2. The molecule has 0 heterocycles. The first-order chi connectivity index (χ1) is 6.96. The van der Waals surface area contributed by atoms with E-state index in [1.807, 2.05) is 13.8 Å². The van der Waals surface area contributed by atoms with E-state index in [1.165, 1.54) is 4.90 Å². The Morgan fingerprint density at radius 3 is 2.27 bits per heavy atom. The molecule has 2 N–H and O–H groups in total. The minimum absolute atomic E-state index is 0.246. The number of rotatable bonds is 7. The van der Waals surface area contributed by atoms with Crippen molar-refractivity contribution in [3.63, 3.8) is 0 Å². The molecule has 0 aliphatic carbocycles. The summed E-state index contributed by atoms with van der Waals surface area (Å²) in [6.45, 7) is 4.06. The maximum atomic E-state index is 11.4. The quantitative estimate of drug-likeness (QED) is 0.581. The van der Waals surface area contributed by atoms with Gasteiger partial charge in [-0.15, -0.1) is 0 Å². The van der Waals surface area contributed by atoms with Crippen LogP contribution in [0.1, 0.15) is 13.8 Å². The molecule has 0 spiro atoms. The molecule has 0 aromatic carbocycles. The molecule has 1 amide bonds. The average molecular weight is 238 g/mol. The summed E-state index contributed by atoms with van der Waals surface area (Å²) in [5.74, 6) is -0.639. The number of aliphatic hydroxyl groups excluding tert-OH is 1. The molecule has 0 aromatic rings. The van der Waals surface area contributed by atoms with Gasteiger partial charge in [-0.2, -0.15) is 0 Å². The van der Waals surface area contributed by atoms with Gasteiger partial charge in [0, 0.05) is 13.1 Å². The predicted octanol–water partition coefficient (Wildman–Crippen LogP) is -1.23. The van der Waals surface area contributed by atoms with Gasteiger partial charge in [-0.3, -0.25) is 4.79 Å². The minimum Gasteiger partial charge on any atom is -0.395 e. The molecule has 7 heteroatoms. The third kappa shape index (κ3) is 5.71. The zero-order chi connectivity index (χ0) is 11.9. The van der Waals surface area contributed by atoms with Gasteiger partial charge in [0.1, 0.15) is 0 Å². The second-order valence-corrected chi connectivity index (χ2v) is 4.86. The first-order valence-corrected chi connectivity index (χ1v) is 6.48. The number of sulfonamides is 1. The summed E-state index contributed by atoms with van der Waals surface area (Å²) in [5.41, 5.74) is 0. The van der Waals surface area contributed by atoms with Crippen LogP contribution in [0.3, 0.4) is 0 Å². The maximum absolute atomic E-state index is 11.4. The smallest absolute Gasteiger partial charge is 0.237 e. The molecule has 0 aliphatic heterocycles. The number of carbonyl (C=O) groups excluding carboxylic acids is 1. The van der Waals surface area contributed by atoms with Crippen LogP contribution in [-0.4, -0.2) is 56.3 Å². The summed E-state index contributed by atoms with van der Waals surface area (Å²) in [6, 6.07) is 0. The third-order valence-corrected chi connectivity index (χ3v) is 3.22. The van der Waals surface area contributed by atoms with E-state index < -0.39 is 16.6 Å². The Morgan fingerprint density at radius 1 is 1.33 bits per heavy atom. The van der Waals surface area contributed by atoms with Gasteiger partial charge in [0.2, 0.25) is 15.9 Å². The van der Waals surface area contributed by atoms with Gasteiger partial charge in [-0.05, 0) is 13.8 Å². The molecule has 0 rings (SSSR count). The number of hydrogen-bond acceptors (Lipinski definition) is 4. The van der Waals surface area contributed by atoms with Crippen LogP contribution in [0, 0.1) is 0 Å². The fourth-order valence-electron chi connectivity index (χ4n) is 1.05. The van der Waals surface area contributed by atoms with Crippen LogP contribution in [0.25, 0.3) is 0 Å². The summed E-state index contributed by atoms with van der Waals surface area (Å²) in [5, 5.41) is 8.45. The molecule has 0 atom stereocenters. The Labute approximate surface area is 90.3 Å². The van der Waals surface area contributed by atoms with E-state index in [4.69, 9.17) is 5.11 Å². The van der Waals surface area contributed by atoms with Crippen molar-refractivity contribution in [3.05, 3.63) is 0 Å².